The van der Waals surface area contributed by atoms with Crippen LogP contribution in [0.5, 0.6) is 0 Å². The van der Waals surface area contributed by atoms with Crippen LogP contribution in [0.1, 0.15) is 16.8 Å². The number of halogens is 4. The van der Waals surface area contributed by atoms with Crippen LogP contribution >= 0.6 is 22.9 Å². The first-order valence-corrected chi connectivity index (χ1v) is 5.39. The van der Waals surface area contributed by atoms with Gasteiger partial charge in [-0.05, 0) is 11.6 Å². The Morgan fingerprint density at radius 1 is 1.40 bits per heavy atom. The zero-order chi connectivity index (χ0) is 11.1. The van der Waals surface area contributed by atoms with Crippen LogP contribution in [0.4, 0.5) is 13.2 Å². The normalized spacial score (nSPS) is 17.6. The minimum atomic E-state index is -4.30. The van der Waals surface area contributed by atoms with Gasteiger partial charge in [0.15, 0.2) is 0 Å². The van der Waals surface area contributed by atoms with E-state index in [4.69, 9.17) is 0 Å². The lowest BCUT2D eigenvalue weighted by Crippen LogP contribution is -2.23. The quantitative estimate of drug-likeness (QED) is 0.538. The maximum absolute atomic E-state index is 12.4. The van der Waals surface area contributed by atoms with Crippen molar-refractivity contribution in [3.05, 3.63) is 29.1 Å². The molecule has 0 bridgehead atoms. The van der Waals surface area contributed by atoms with Gasteiger partial charge in [0.05, 0.1) is 5.56 Å². The molecule has 82 valence electrons. The minimum absolute atomic E-state index is 0.535. The molecule has 2 nitrogen and oxygen atoms in total. The molecule has 0 radical (unpaired) electrons. The molecule has 0 N–H and O–H groups in total. The zero-order valence-corrected chi connectivity index (χ0v) is 9.84. The third-order valence-electron chi connectivity index (χ3n) is 2.32. The number of hydrogen-bond donors (Lipinski definition) is 0. The van der Waals surface area contributed by atoms with Crippen LogP contribution in [-0.2, 0) is 19.1 Å². The summed E-state index contributed by atoms with van der Waals surface area (Å²) >= 11 is 2.11. The Hall–Kier alpha value is -0.370. The zero-order valence-electron chi connectivity index (χ0n) is 7.68. The van der Waals surface area contributed by atoms with Crippen molar-refractivity contribution in [3.8, 4) is 0 Å². The topological polar surface area (TPSA) is 16.1 Å². The summed E-state index contributed by atoms with van der Waals surface area (Å²) < 4.78 is 39.2. The Morgan fingerprint density at radius 3 is 2.80 bits per heavy atom. The van der Waals surface area contributed by atoms with Crippen molar-refractivity contribution in [1.29, 1.82) is 0 Å². The highest BCUT2D eigenvalue weighted by Gasteiger charge is 2.32. The lowest BCUT2D eigenvalue weighted by Gasteiger charge is -2.23. The molecule has 15 heavy (non-hydrogen) atoms. The van der Waals surface area contributed by atoms with Crippen LogP contribution < -0.4 is 0 Å². The monoisotopic (exact) mass is 328 g/mol. The molecular weight excluding hydrogens is 320 g/mol. The Labute approximate surface area is 99.0 Å². The molecule has 0 unspecified atom stereocenters. The molecule has 0 saturated heterocycles. The fourth-order valence-electron chi connectivity index (χ4n) is 1.55. The van der Waals surface area contributed by atoms with Crippen LogP contribution in [-0.4, -0.2) is 14.6 Å². The van der Waals surface area contributed by atoms with E-state index in [-0.39, 0.29) is 0 Å². The highest BCUT2D eigenvalue weighted by atomic mass is 127. The summed E-state index contributed by atoms with van der Waals surface area (Å²) in [5.74, 6) is 0. The number of hydrogen-bond acceptors (Lipinski definition) is 2. The van der Waals surface area contributed by atoms with E-state index in [1.54, 1.807) is 0 Å². The first-order valence-electron chi connectivity index (χ1n) is 4.42. The smallest absolute Gasteiger partial charge is 0.260 e. The number of pyridine rings is 1. The van der Waals surface area contributed by atoms with Crippen molar-refractivity contribution in [2.45, 2.75) is 19.1 Å². The number of fused-ring (bicyclic) bond motifs is 1. The average molecular weight is 328 g/mol. The van der Waals surface area contributed by atoms with E-state index >= 15 is 0 Å². The summed E-state index contributed by atoms with van der Waals surface area (Å²) in [5, 5.41) is 0. The summed E-state index contributed by atoms with van der Waals surface area (Å²) in [6.07, 6.45) is -2.66. The Morgan fingerprint density at radius 2 is 2.13 bits per heavy atom. The first-order chi connectivity index (χ1) is 6.97. The highest BCUT2D eigenvalue weighted by Crippen LogP contribution is 2.31. The van der Waals surface area contributed by atoms with Crippen LogP contribution in [0.2, 0.25) is 0 Å². The molecule has 0 fully saturated rings. The SMILES string of the molecule is FC(F)(F)c1cnc2c(c1)CN(I)CC2. The molecule has 0 spiro atoms. The average Bonchev–Trinajstić information content (AvgIpc) is 2.15. The van der Waals surface area contributed by atoms with Gasteiger partial charge in [0.25, 0.3) is 0 Å². The van der Waals surface area contributed by atoms with Crippen molar-refractivity contribution in [1.82, 2.24) is 8.10 Å². The third kappa shape index (κ3) is 2.41. The van der Waals surface area contributed by atoms with E-state index < -0.39 is 11.7 Å². The maximum Gasteiger partial charge on any atom is 0.417 e. The summed E-state index contributed by atoms with van der Waals surface area (Å²) in [6.45, 7) is 1.37. The molecule has 0 aromatic carbocycles. The van der Waals surface area contributed by atoms with Crippen LogP contribution in [0.3, 0.4) is 0 Å². The van der Waals surface area contributed by atoms with Crippen molar-refractivity contribution >= 4 is 22.9 Å². The molecule has 1 aliphatic heterocycles. The maximum atomic E-state index is 12.4. The molecule has 0 amide bonds. The molecule has 0 aliphatic carbocycles. The predicted octanol–water partition coefficient (Wildman–Crippen LogP) is 2.81. The first kappa shape index (κ1) is 11.1. The molecule has 0 saturated carbocycles. The van der Waals surface area contributed by atoms with Gasteiger partial charge in [0.2, 0.25) is 0 Å². The van der Waals surface area contributed by atoms with Crippen molar-refractivity contribution in [3.63, 3.8) is 0 Å². The fourth-order valence-corrected chi connectivity index (χ4v) is 2.16. The van der Waals surface area contributed by atoms with Crippen LogP contribution in [0.15, 0.2) is 12.3 Å². The van der Waals surface area contributed by atoms with E-state index in [2.05, 4.69) is 27.8 Å². The molecule has 6 heteroatoms. The Balaban J connectivity index is 2.37. The highest BCUT2D eigenvalue weighted by molar-refractivity contribution is 14.1. The van der Waals surface area contributed by atoms with Gasteiger partial charge in [0, 0.05) is 54.3 Å². The molecule has 0 atom stereocenters. The van der Waals surface area contributed by atoms with E-state index in [9.17, 15) is 13.2 Å². The molecule has 2 rings (SSSR count). The lowest BCUT2D eigenvalue weighted by molar-refractivity contribution is -0.137. The molecule has 2 heterocycles. The standard InChI is InChI=1S/C9H8F3IN2/c10-9(11,12)7-3-6-5-15(13)2-1-8(6)14-4-7/h3-4H,1-2,5H2. The second-order valence-corrected chi connectivity index (χ2v) is 4.79. The Bertz CT molecular complexity index is 378. The molecule has 1 aliphatic rings. The van der Waals surface area contributed by atoms with Gasteiger partial charge in [0.1, 0.15) is 0 Å². The lowest BCUT2D eigenvalue weighted by atomic mass is 10.1. The van der Waals surface area contributed by atoms with E-state index in [1.807, 2.05) is 3.11 Å². The Kier molecular flexibility index (Phi) is 2.89. The number of alkyl halides is 3. The minimum Gasteiger partial charge on any atom is -0.260 e. The van der Waals surface area contributed by atoms with E-state index in [0.29, 0.717) is 12.1 Å². The predicted molar refractivity (Wildman–Crippen MR) is 57.4 cm³/mol. The van der Waals surface area contributed by atoms with Gasteiger partial charge >= 0.3 is 6.18 Å². The van der Waals surface area contributed by atoms with Crippen molar-refractivity contribution in [2.24, 2.45) is 0 Å². The molecule has 1 aromatic rings. The second-order valence-electron chi connectivity index (χ2n) is 3.42. The third-order valence-corrected chi connectivity index (χ3v) is 3.14. The van der Waals surface area contributed by atoms with Gasteiger partial charge in [-0.25, -0.2) is 3.11 Å². The summed E-state index contributed by atoms with van der Waals surface area (Å²) in [4.78, 5) is 3.87. The van der Waals surface area contributed by atoms with E-state index in [1.165, 1.54) is 6.07 Å². The van der Waals surface area contributed by atoms with Crippen LogP contribution in [0.25, 0.3) is 0 Å². The summed E-state index contributed by atoms with van der Waals surface area (Å²) in [6, 6.07) is 1.20. The summed E-state index contributed by atoms with van der Waals surface area (Å²) in [7, 11) is 0. The van der Waals surface area contributed by atoms with E-state index in [0.717, 1.165) is 24.9 Å². The van der Waals surface area contributed by atoms with Crippen molar-refractivity contribution < 1.29 is 13.2 Å². The van der Waals surface area contributed by atoms with Gasteiger partial charge < -0.3 is 0 Å². The number of nitrogens with zero attached hydrogens (tertiary/aromatic N) is 2. The van der Waals surface area contributed by atoms with Gasteiger partial charge in [-0.1, -0.05) is 0 Å². The van der Waals surface area contributed by atoms with Crippen LogP contribution in [0, 0.1) is 0 Å². The molecular formula is C9H8F3IN2. The van der Waals surface area contributed by atoms with Gasteiger partial charge in [-0.15, -0.1) is 0 Å². The van der Waals surface area contributed by atoms with Crippen molar-refractivity contribution in [2.75, 3.05) is 6.54 Å². The summed E-state index contributed by atoms with van der Waals surface area (Å²) in [5.41, 5.74) is 0.814. The fraction of sp³-hybridized carbons (Fsp3) is 0.444. The number of rotatable bonds is 0. The second kappa shape index (κ2) is 3.89. The largest absolute Gasteiger partial charge is 0.417 e. The molecule has 1 aromatic heterocycles. The van der Waals surface area contributed by atoms with Gasteiger partial charge in [-0.3, -0.25) is 4.98 Å². The van der Waals surface area contributed by atoms with Gasteiger partial charge in [-0.2, -0.15) is 13.2 Å². The number of aromatic nitrogens is 1.